The molecule has 7 heteroatoms. The number of benzene rings is 1. The average Bonchev–Trinajstić information content (AvgIpc) is 2.78. The molecule has 4 nitrogen and oxygen atoms in total. The highest BCUT2D eigenvalue weighted by Crippen LogP contribution is 2.32. The summed E-state index contributed by atoms with van der Waals surface area (Å²) in [6.07, 6.45) is 8.14. The third-order valence-electron chi connectivity index (χ3n) is 6.83. The highest BCUT2D eigenvalue weighted by atomic mass is 19.4. The first-order chi connectivity index (χ1) is 15.7. The normalized spacial score (nSPS) is 19.0. The van der Waals surface area contributed by atoms with Gasteiger partial charge in [0.1, 0.15) is 5.75 Å². The molecular weight excluding hydrogens is 429 g/mol. The molecule has 0 bridgehead atoms. The maximum absolute atomic E-state index is 12.7. The van der Waals surface area contributed by atoms with Crippen LogP contribution in [-0.4, -0.2) is 49.1 Å². The van der Waals surface area contributed by atoms with Crippen LogP contribution in [0.1, 0.15) is 83.1 Å². The van der Waals surface area contributed by atoms with Gasteiger partial charge in [-0.2, -0.15) is 13.2 Å². The molecule has 33 heavy (non-hydrogen) atoms. The number of ether oxygens (including phenoxy) is 1. The van der Waals surface area contributed by atoms with Crippen LogP contribution in [0, 0.1) is 5.92 Å². The Bertz CT molecular complexity index is 686. The summed E-state index contributed by atoms with van der Waals surface area (Å²) in [7, 11) is 3.93. The molecule has 1 aliphatic rings. The quantitative estimate of drug-likeness (QED) is 0.299. The molecule has 0 saturated heterocycles. The molecule has 1 aliphatic carbocycles. The van der Waals surface area contributed by atoms with Crippen molar-refractivity contribution in [2.45, 2.75) is 89.8 Å². The zero-order chi connectivity index (χ0) is 24.3. The van der Waals surface area contributed by atoms with E-state index in [2.05, 4.69) is 18.9 Å². The summed E-state index contributed by atoms with van der Waals surface area (Å²) in [6.45, 7) is 4.62. The van der Waals surface area contributed by atoms with Gasteiger partial charge in [0, 0.05) is 13.1 Å². The van der Waals surface area contributed by atoms with Gasteiger partial charge >= 0.3 is 12.3 Å². The van der Waals surface area contributed by atoms with Gasteiger partial charge in [0.25, 0.3) is 0 Å². The van der Waals surface area contributed by atoms with Gasteiger partial charge in [-0.1, -0.05) is 39.0 Å². The van der Waals surface area contributed by atoms with E-state index < -0.39 is 17.8 Å². The van der Waals surface area contributed by atoms with Gasteiger partial charge in [0.2, 0.25) is 0 Å². The van der Waals surface area contributed by atoms with E-state index in [4.69, 9.17) is 4.74 Å². The van der Waals surface area contributed by atoms with Crippen molar-refractivity contribution in [1.29, 1.82) is 0 Å². The third kappa shape index (κ3) is 9.95. The number of alkyl halides is 3. The van der Waals surface area contributed by atoms with Crippen LogP contribution in [0.5, 0.6) is 5.75 Å². The average molecular weight is 471 g/mol. The zero-order valence-electron chi connectivity index (χ0n) is 20.5. The van der Waals surface area contributed by atoms with E-state index in [1.54, 1.807) is 11.9 Å². The molecule has 0 heterocycles. The van der Waals surface area contributed by atoms with Gasteiger partial charge in [0.05, 0.1) is 5.56 Å². The van der Waals surface area contributed by atoms with Gasteiger partial charge in [-0.15, -0.1) is 0 Å². The Morgan fingerprint density at radius 1 is 0.939 bits per heavy atom. The second kappa shape index (κ2) is 13.8. The lowest BCUT2D eigenvalue weighted by Crippen LogP contribution is -2.41. The first-order valence-corrected chi connectivity index (χ1v) is 12.5. The van der Waals surface area contributed by atoms with Crippen LogP contribution in [0.25, 0.3) is 0 Å². The molecule has 0 spiro atoms. The van der Waals surface area contributed by atoms with Gasteiger partial charge in [-0.3, -0.25) is 0 Å². The van der Waals surface area contributed by atoms with Crippen molar-refractivity contribution in [3.63, 3.8) is 0 Å². The molecule has 0 N–H and O–H groups in total. The summed E-state index contributed by atoms with van der Waals surface area (Å²) in [5.74, 6) is 0.854. The van der Waals surface area contributed by atoms with E-state index in [1.807, 2.05) is 0 Å². The van der Waals surface area contributed by atoms with Crippen LogP contribution in [0.2, 0.25) is 0 Å². The smallest absolute Gasteiger partial charge is 0.410 e. The van der Waals surface area contributed by atoms with E-state index in [9.17, 15) is 18.0 Å². The number of nitrogens with zero attached hydrogens (tertiary/aromatic N) is 2. The molecule has 1 fully saturated rings. The Kier molecular flexibility index (Phi) is 11.5. The van der Waals surface area contributed by atoms with Crippen molar-refractivity contribution in [2.75, 3.05) is 27.2 Å². The number of unbranched alkanes of at least 4 members (excludes halogenated alkanes) is 4. The van der Waals surface area contributed by atoms with E-state index in [1.165, 1.54) is 70.2 Å². The lowest BCUT2D eigenvalue weighted by Gasteiger charge is -2.34. The van der Waals surface area contributed by atoms with E-state index in [0.29, 0.717) is 0 Å². The van der Waals surface area contributed by atoms with Crippen molar-refractivity contribution in [2.24, 2.45) is 5.92 Å². The zero-order valence-corrected chi connectivity index (χ0v) is 20.5. The molecule has 0 aromatic heterocycles. The van der Waals surface area contributed by atoms with Crippen LogP contribution < -0.4 is 4.74 Å². The maximum Gasteiger partial charge on any atom is 0.416 e. The van der Waals surface area contributed by atoms with Crippen LogP contribution in [0.4, 0.5) is 18.0 Å². The Hall–Kier alpha value is -1.76. The number of carbonyl (C=O) groups is 1. The van der Waals surface area contributed by atoms with Gasteiger partial charge in [-0.05, 0) is 88.8 Å². The number of hydrogen-bond acceptors (Lipinski definition) is 3. The Balaban J connectivity index is 1.62. The van der Waals surface area contributed by atoms with Crippen LogP contribution >= 0.6 is 0 Å². The van der Waals surface area contributed by atoms with E-state index in [-0.39, 0.29) is 11.8 Å². The van der Waals surface area contributed by atoms with Crippen LogP contribution in [-0.2, 0) is 6.18 Å². The molecule has 1 saturated carbocycles. The molecule has 1 amide bonds. The number of hydrogen-bond donors (Lipinski definition) is 0. The summed E-state index contributed by atoms with van der Waals surface area (Å²) in [4.78, 5) is 16.5. The topological polar surface area (TPSA) is 32.8 Å². The molecule has 1 aromatic rings. The SMILES string of the molecule is CCCCCN(C)CCCCC[C@H]1CC[C@@H](N(C)C(=O)Oc2ccc(C(F)(F)F)cc2)CC1. The third-order valence-corrected chi connectivity index (χ3v) is 6.83. The first kappa shape index (κ1) is 27.5. The molecule has 0 radical (unpaired) electrons. The van der Waals surface area contributed by atoms with Crippen molar-refractivity contribution in [3.8, 4) is 5.75 Å². The van der Waals surface area contributed by atoms with Crippen LogP contribution in [0.15, 0.2) is 24.3 Å². The molecule has 0 atom stereocenters. The molecule has 2 rings (SSSR count). The summed E-state index contributed by atoms with van der Waals surface area (Å²) in [5, 5.41) is 0. The van der Waals surface area contributed by atoms with E-state index >= 15 is 0 Å². The second-order valence-electron chi connectivity index (χ2n) is 9.54. The Morgan fingerprint density at radius 3 is 2.12 bits per heavy atom. The minimum absolute atomic E-state index is 0.125. The number of halogens is 3. The summed E-state index contributed by atoms with van der Waals surface area (Å²) < 4.78 is 43.3. The summed E-state index contributed by atoms with van der Waals surface area (Å²) in [6, 6.07) is 4.36. The number of carbonyl (C=O) groups excluding carboxylic acids is 1. The fourth-order valence-electron chi connectivity index (χ4n) is 4.59. The monoisotopic (exact) mass is 470 g/mol. The minimum atomic E-state index is -4.40. The van der Waals surface area contributed by atoms with Crippen molar-refractivity contribution < 1.29 is 22.7 Å². The summed E-state index contributed by atoms with van der Waals surface area (Å²) >= 11 is 0. The number of amides is 1. The predicted octanol–water partition coefficient (Wildman–Crippen LogP) is 7.38. The summed E-state index contributed by atoms with van der Waals surface area (Å²) in [5.41, 5.74) is -0.757. The maximum atomic E-state index is 12.7. The second-order valence-corrected chi connectivity index (χ2v) is 9.54. The molecule has 0 aliphatic heterocycles. The molecule has 188 valence electrons. The van der Waals surface area contributed by atoms with Gasteiger partial charge in [-0.25, -0.2) is 4.79 Å². The molecular formula is C26H41F3N2O2. The fourth-order valence-corrected chi connectivity index (χ4v) is 4.59. The lowest BCUT2D eigenvalue weighted by atomic mass is 9.82. The molecule has 0 unspecified atom stereocenters. The van der Waals surface area contributed by atoms with Gasteiger partial charge < -0.3 is 14.5 Å². The Labute approximate surface area is 197 Å². The molecule has 1 aromatic carbocycles. The van der Waals surface area contributed by atoms with Crippen molar-refractivity contribution in [3.05, 3.63) is 29.8 Å². The fraction of sp³-hybridized carbons (Fsp3) is 0.731. The van der Waals surface area contributed by atoms with Crippen molar-refractivity contribution >= 4 is 6.09 Å². The highest BCUT2D eigenvalue weighted by Gasteiger charge is 2.31. The van der Waals surface area contributed by atoms with E-state index in [0.717, 1.165) is 43.7 Å². The van der Waals surface area contributed by atoms with Crippen LogP contribution in [0.3, 0.4) is 0 Å². The standard InChI is InChI=1S/C26H41F3N2O2/c1-4-5-8-19-30(2)20-9-6-7-10-21-11-15-23(16-12-21)31(3)25(32)33-24-17-13-22(14-18-24)26(27,28)29/h13-14,17-18,21,23H,4-12,15-16,19-20H2,1-3H3/t21-,23+. The predicted molar refractivity (Wildman–Crippen MR) is 126 cm³/mol. The lowest BCUT2D eigenvalue weighted by molar-refractivity contribution is -0.137. The Morgan fingerprint density at radius 2 is 1.55 bits per heavy atom. The highest BCUT2D eigenvalue weighted by molar-refractivity contribution is 5.70. The first-order valence-electron chi connectivity index (χ1n) is 12.5. The largest absolute Gasteiger partial charge is 0.416 e. The number of rotatable bonds is 12. The van der Waals surface area contributed by atoms with Gasteiger partial charge in [0.15, 0.2) is 0 Å². The van der Waals surface area contributed by atoms with Crippen molar-refractivity contribution in [1.82, 2.24) is 9.80 Å². The minimum Gasteiger partial charge on any atom is -0.410 e.